The lowest BCUT2D eigenvalue weighted by Gasteiger charge is -2.26. The van der Waals surface area contributed by atoms with Crippen molar-refractivity contribution >= 4 is 22.9 Å². The highest BCUT2D eigenvalue weighted by molar-refractivity contribution is 7.10. The fourth-order valence-corrected chi connectivity index (χ4v) is 4.46. The zero-order valence-electron chi connectivity index (χ0n) is 14.4. The molecule has 3 heterocycles. The third kappa shape index (κ3) is 4.05. The first-order valence-electron chi connectivity index (χ1n) is 9.11. The average Bonchev–Trinajstić information content (AvgIpc) is 3.09. The highest BCUT2D eigenvalue weighted by Crippen LogP contribution is 2.27. The fourth-order valence-electron chi connectivity index (χ4n) is 3.57. The van der Waals surface area contributed by atoms with E-state index in [0.29, 0.717) is 6.42 Å². The molecule has 4 nitrogen and oxygen atoms in total. The second-order valence-corrected chi connectivity index (χ2v) is 7.82. The maximum atomic E-state index is 11.5. The van der Waals surface area contributed by atoms with E-state index in [0.717, 1.165) is 50.4 Å². The van der Waals surface area contributed by atoms with Crippen LogP contribution in [0.5, 0.6) is 5.75 Å². The molecule has 0 atom stereocenters. The normalized spacial score (nSPS) is 16.9. The number of hydrogen-bond donors (Lipinski definition) is 1. The summed E-state index contributed by atoms with van der Waals surface area (Å²) >= 11 is 1.89. The van der Waals surface area contributed by atoms with Gasteiger partial charge in [0.05, 0.1) is 6.61 Å². The van der Waals surface area contributed by atoms with Crippen molar-refractivity contribution in [3.05, 3.63) is 45.6 Å². The summed E-state index contributed by atoms with van der Waals surface area (Å²) in [6, 6.07) is 8.30. The molecule has 0 unspecified atom stereocenters. The van der Waals surface area contributed by atoms with E-state index in [9.17, 15) is 4.79 Å². The number of nitrogens with one attached hydrogen (secondary N) is 1. The number of benzene rings is 1. The van der Waals surface area contributed by atoms with Gasteiger partial charge in [-0.05, 0) is 60.9 Å². The van der Waals surface area contributed by atoms with Gasteiger partial charge in [-0.2, -0.15) is 0 Å². The molecular weight excluding hydrogens is 332 g/mol. The van der Waals surface area contributed by atoms with Gasteiger partial charge in [0.25, 0.3) is 0 Å². The van der Waals surface area contributed by atoms with E-state index in [1.54, 1.807) is 4.88 Å². The fraction of sp³-hybridized carbons (Fsp3) is 0.450. The molecule has 0 bridgehead atoms. The monoisotopic (exact) mass is 356 g/mol. The van der Waals surface area contributed by atoms with E-state index in [1.165, 1.54) is 24.1 Å². The van der Waals surface area contributed by atoms with Crippen LogP contribution in [0, 0.1) is 0 Å². The predicted molar refractivity (Wildman–Crippen MR) is 101 cm³/mol. The summed E-state index contributed by atoms with van der Waals surface area (Å²) in [6.45, 7) is 4.15. The molecule has 25 heavy (non-hydrogen) atoms. The molecule has 2 aliphatic heterocycles. The van der Waals surface area contributed by atoms with Gasteiger partial charge in [0.2, 0.25) is 5.91 Å². The second-order valence-electron chi connectivity index (χ2n) is 6.82. The standard InChI is InChI=1S/C20H24N2O2S/c23-20-6-4-15-3-5-17(13-18(15)21-20)24-11-2-1-9-22-10-7-19-16(14-22)8-12-25-19/h3,5,8,12-13H,1-2,4,6-7,9-11,14H2,(H,21,23). The highest BCUT2D eigenvalue weighted by atomic mass is 32.1. The average molecular weight is 356 g/mol. The minimum atomic E-state index is 0.0972. The van der Waals surface area contributed by atoms with Crippen LogP contribution in [-0.2, 0) is 24.2 Å². The Kier molecular flexibility index (Phi) is 5.04. The van der Waals surface area contributed by atoms with Gasteiger partial charge >= 0.3 is 0 Å². The molecule has 2 aliphatic rings. The van der Waals surface area contributed by atoms with Crippen molar-refractivity contribution in [2.24, 2.45) is 0 Å². The van der Waals surface area contributed by atoms with Crippen LogP contribution < -0.4 is 10.1 Å². The molecule has 0 radical (unpaired) electrons. The highest BCUT2D eigenvalue weighted by Gasteiger charge is 2.17. The summed E-state index contributed by atoms with van der Waals surface area (Å²) in [5, 5.41) is 5.14. The molecule has 5 heteroatoms. The number of carbonyl (C=O) groups excluding carboxylic acids is 1. The van der Waals surface area contributed by atoms with Gasteiger partial charge in [0.15, 0.2) is 0 Å². The Labute approximate surface area is 152 Å². The van der Waals surface area contributed by atoms with Crippen molar-refractivity contribution in [2.75, 3.05) is 25.0 Å². The molecule has 2 aromatic rings. The van der Waals surface area contributed by atoms with Crippen LogP contribution in [0.15, 0.2) is 29.6 Å². The van der Waals surface area contributed by atoms with Gasteiger partial charge in [-0.1, -0.05) is 6.07 Å². The van der Waals surface area contributed by atoms with Crippen molar-refractivity contribution in [2.45, 2.75) is 38.6 Å². The summed E-state index contributed by atoms with van der Waals surface area (Å²) in [6.07, 6.45) is 4.81. The van der Waals surface area contributed by atoms with E-state index in [-0.39, 0.29) is 5.91 Å². The maximum absolute atomic E-state index is 11.5. The molecular formula is C20H24N2O2S. The van der Waals surface area contributed by atoms with Gasteiger partial charge < -0.3 is 10.1 Å². The van der Waals surface area contributed by atoms with E-state index in [1.807, 2.05) is 23.5 Å². The largest absolute Gasteiger partial charge is 0.494 e. The van der Waals surface area contributed by atoms with Crippen LogP contribution in [0.3, 0.4) is 0 Å². The lowest BCUT2D eigenvalue weighted by atomic mass is 10.0. The van der Waals surface area contributed by atoms with Gasteiger partial charge in [0, 0.05) is 36.1 Å². The van der Waals surface area contributed by atoms with Crippen LogP contribution in [-0.4, -0.2) is 30.5 Å². The zero-order valence-corrected chi connectivity index (χ0v) is 15.2. The number of unbranched alkanes of at least 4 members (excludes halogenated alkanes) is 1. The van der Waals surface area contributed by atoms with Crippen LogP contribution in [0.2, 0.25) is 0 Å². The van der Waals surface area contributed by atoms with Gasteiger partial charge in [0.1, 0.15) is 5.75 Å². The first-order chi connectivity index (χ1) is 12.3. The Hall–Kier alpha value is -1.85. The number of ether oxygens (including phenoxy) is 1. The van der Waals surface area contributed by atoms with Gasteiger partial charge in [-0.25, -0.2) is 0 Å². The first-order valence-corrected chi connectivity index (χ1v) is 9.99. The Morgan fingerprint density at radius 1 is 1.12 bits per heavy atom. The number of fused-ring (bicyclic) bond motifs is 2. The van der Waals surface area contributed by atoms with E-state index in [2.05, 4.69) is 27.7 Å². The lowest BCUT2D eigenvalue weighted by molar-refractivity contribution is -0.116. The van der Waals surface area contributed by atoms with Crippen LogP contribution in [0.1, 0.15) is 35.3 Å². The van der Waals surface area contributed by atoms with Crippen molar-refractivity contribution in [3.63, 3.8) is 0 Å². The molecule has 1 N–H and O–H groups in total. The van der Waals surface area contributed by atoms with Crippen molar-refractivity contribution in [1.82, 2.24) is 4.90 Å². The molecule has 4 rings (SSSR count). The summed E-state index contributed by atoms with van der Waals surface area (Å²) in [5.41, 5.74) is 3.63. The number of nitrogens with zero attached hydrogens (tertiary/aromatic N) is 1. The molecule has 0 saturated carbocycles. The Morgan fingerprint density at radius 3 is 3.04 bits per heavy atom. The summed E-state index contributed by atoms with van der Waals surface area (Å²) in [4.78, 5) is 15.6. The van der Waals surface area contributed by atoms with Crippen LogP contribution in [0.4, 0.5) is 5.69 Å². The van der Waals surface area contributed by atoms with E-state index < -0.39 is 0 Å². The number of amides is 1. The molecule has 1 aromatic heterocycles. The van der Waals surface area contributed by atoms with Gasteiger partial charge in [-0.15, -0.1) is 11.3 Å². The molecule has 0 aliphatic carbocycles. The Balaban J connectivity index is 1.19. The third-order valence-corrected chi connectivity index (χ3v) is 6.02. The lowest BCUT2D eigenvalue weighted by Crippen LogP contribution is -2.30. The first kappa shape index (κ1) is 16.6. The molecule has 0 saturated heterocycles. The second kappa shape index (κ2) is 7.58. The zero-order chi connectivity index (χ0) is 17.1. The smallest absolute Gasteiger partial charge is 0.224 e. The summed E-state index contributed by atoms with van der Waals surface area (Å²) < 4.78 is 5.87. The topological polar surface area (TPSA) is 41.6 Å². The van der Waals surface area contributed by atoms with Crippen LogP contribution in [0.25, 0.3) is 0 Å². The molecule has 1 aromatic carbocycles. The molecule has 0 spiro atoms. The Morgan fingerprint density at radius 2 is 2.08 bits per heavy atom. The number of thiophene rings is 1. The van der Waals surface area contributed by atoms with E-state index in [4.69, 9.17) is 4.74 Å². The molecule has 132 valence electrons. The predicted octanol–water partition coefficient (Wildman–Crippen LogP) is 3.85. The van der Waals surface area contributed by atoms with Gasteiger partial charge in [-0.3, -0.25) is 9.69 Å². The van der Waals surface area contributed by atoms with Crippen molar-refractivity contribution in [1.29, 1.82) is 0 Å². The number of carbonyl (C=O) groups is 1. The maximum Gasteiger partial charge on any atom is 0.224 e. The number of rotatable bonds is 6. The van der Waals surface area contributed by atoms with E-state index >= 15 is 0 Å². The van der Waals surface area contributed by atoms with Crippen LogP contribution >= 0.6 is 11.3 Å². The summed E-state index contributed by atoms with van der Waals surface area (Å²) in [5.74, 6) is 0.946. The molecule has 1 amide bonds. The number of aryl methyl sites for hydroxylation is 1. The minimum Gasteiger partial charge on any atom is -0.494 e. The Bertz CT molecular complexity index is 756. The number of hydrogen-bond acceptors (Lipinski definition) is 4. The molecule has 0 fully saturated rings. The third-order valence-electron chi connectivity index (χ3n) is 5.00. The SMILES string of the molecule is O=C1CCc2ccc(OCCCCN3CCc4sccc4C3)cc2N1. The quantitative estimate of drug-likeness (QED) is 0.800. The summed E-state index contributed by atoms with van der Waals surface area (Å²) in [7, 11) is 0. The number of anilines is 1. The minimum absolute atomic E-state index is 0.0972. The van der Waals surface area contributed by atoms with Crippen molar-refractivity contribution in [3.8, 4) is 5.75 Å². The van der Waals surface area contributed by atoms with Crippen molar-refractivity contribution < 1.29 is 9.53 Å².